The third-order valence-corrected chi connectivity index (χ3v) is 0.845. The van der Waals surface area contributed by atoms with Gasteiger partial charge in [-0.3, -0.25) is 4.79 Å². The minimum Gasteiger partial charge on any atom is -0.298 e. The molecule has 0 rings (SSSR count). The summed E-state index contributed by atoms with van der Waals surface area (Å²) < 4.78 is 0. The molecule has 9 heavy (non-hydrogen) atoms. The highest BCUT2D eigenvalue weighted by Gasteiger charge is 1.82. The fourth-order valence-electron chi connectivity index (χ4n) is 0.495. The Balaban J connectivity index is 4.13. The predicted molar refractivity (Wildman–Crippen MR) is 38.1 cm³/mol. The number of hydrogen-bond donors (Lipinski definition) is 0. The smallest absolute Gasteiger partial charge is 0.150 e. The van der Waals surface area contributed by atoms with E-state index in [2.05, 4.69) is 12.3 Å². The van der Waals surface area contributed by atoms with Crippen LogP contribution in [0.15, 0.2) is 30.0 Å². The first-order valence-electron chi connectivity index (χ1n) is 2.86. The van der Waals surface area contributed by atoms with Gasteiger partial charge in [0, 0.05) is 5.57 Å². The van der Waals surface area contributed by atoms with Gasteiger partial charge in [-0.25, -0.2) is 0 Å². The van der Waals surface area contributed by atoms with Crippen LogP contribution in [0, 0.1) is 0 Å². The van der Waals surface area contributed by atoms with Crippen LogP contribution in [-0.2, 0) is 4.79 Å². The number of aldehydes is 1. The highest BCUT2D eigenvalue weighted by Crippen LogP contribution is 1.92. The van der Waals surface area contributed by atoms with E-state index >= 15 is 0 Å². The number of carbonyl (C=O) groups excluding carboxylic acids is 1. The Morgan fingerprint density at radius 1 is 1.78 bits per heavy atom. The monoisotopic (exact) mass is 122 g/mol. The Hall–Kier alpha value is -1.07. The maximum absolute atomic E-state index is 10.1. The van der Waals surface area contributed by atoms with Crippen LogP contribution < -0.4 is 0 Å². The van der Waals surface area contributed by atoms with E-state index in [0.29, 0.717) is 5.57 Å². The van der Waals surface area contributed by atoms with Gasteiger partial charge in [-0.15, -0.1) is 5.73 Å². The Labute approximate surface area is 55.4 Å². The summed E-state index contributed by atoms with van der Waals surface area (Å²) in [5.74, 6) is 0. The average Bonchev–Trinajstić information content (AvgIpc) is 1.88. The van der Waals surface area contributed by atoms with Crippen molar-refractivity contribution in [1.82, 2.24) is 0 Å². The molecule has 0 atom stereocenters. The molecule has 0 spiro atoms. The molecule has 0 amide bonds. The first kappa shape index (κ1) is 7.93. The van der Waals surface area contributed by atoms with E-state index in [1.807, 2.05) is 13.0 Å². The van der Waals surface area contributed by atoms with Crippen LogP contribution in [0.25, 0.3) is 0 Å². The molecule has 0 aliphatic heterocycles. The summed E-state index contributed by atoms with van der Waals surface area (Å²) in [6.45, 7) is 5.32. The molecule has 0 heterocycles. The van der Waals surface area contributed by atoms with Crippen LogP contribution >= 0.6 is 0 Å². The van der Waals surface area contributed by atoms with Crippen molar-refractivity contribution in [2.24, 2.45) is 0 Å². The maximum Gasteiger partial charge on any atom is 0.150 e. The highest BCUT2D eigenvalue weighted by molar-refractivity contribution is 5.77. The third kappa shape index (κ3) is 3.51. The standard InChI is InChI=1S/C8H10O/c1-3-5-8(7-9)6-4-2/h5-7H,1,4H2,2H3/b8-6+. The van der Waals surface area contributed by atoms with E-state index in [1.54, 1.807) is 6.08 Å². The van der Waals surface area contributed by atoms with Crippen LogP contribution in [0.3, 0.4) is 0 Å². The first-order valence-corrected chi connectivity index (χ1v) is 2.86. The summed E-state index contributed by atoms with van der Waals surface area (Å²) in [5, 5.41) is 0. The molecule has 1 heteroatoms. The van der Waals surface area contributed by atoms with Crippen LogP contribution in [0.5, 0.6) is 0 Å². The van der Waals surface area contributed by atoms with Crippen LogP contribution in [-0.4, -0.2) is 6.29 Å². The second kappa shape index (κ2) is 5.07. The lowest BCUT2D eigenvalue weighted by Gasteiger charge is -1.82. The SMILES string of the molecule is C=C=C/C(C=O)=C\CC. The van der Waals surface area contributed by atoms with Crippen molar-refractivity contribution in [1.29, 1.82) is 0 Å². The van der Waals surface area contributed by atoms with Crippen LogP contribution in [0.4, 0.5) is 0 Å². The minimum absolute atomic E-state index is 0.646. The van der Waals surface area contributed by atoms with Gasteiger partial charge in [-0.1, -0.05) is 19.6 Å². The van der Waals surface area contributed by atoms with E-state index in [0.717, 1.165) is 12.7 Å². The van der Waals surface area contributed by atoms with Crippen LogP contribution in [0.2, 0.25) is 0 Å². The van der Waals surface area contributed by atoms with E-state index in [1.165, 1.54) is 0 Å². The Bertz CT molecular complexity index is 159. The summed E-state index contributed by atoms with van der Waals surface area (Å²) >= 11 is 0. The first-order chi connectivity index (χ1) is 4.35. The molecule has 1 nitrogen and oxygen atoms in total. The largest absolute Gasteiger partial charge is 0.298 e. The zero-order valence-electron chi connectivity index (χ0n) is 5.55. The van der Waals surface area contributed by atoms with Crippen molar-refractivity contribution in [3.8, 4) is 0 Å². The van der Waals surface area contributed by atoms with E-state index < -0.39 is 0 Å². The molecular formula is C8H10O. The molecule has 0 saturated heterocycles. The normalized spacial score (nSPS) is 10.1. The molecule has 0 aromatic carbocycles. The van der Waals surface area contributed by atoms with E-state index in [9.17, 15) is 4.79 Å². The molecule has 0 aliphatic carbocycles. The van der Waals surface area contributed by atoms with Gasteiger partial charge in [0.1, 0.15) is 6.29 Å². The summed E-state index contributed by atoms with van der Waals surface area (Å²) in [6, 6.07) is 0. The van der Waals surface area contributed by atoms with Gasteiger partial charge in [0.2, 0.25) is 0 Å². The zero-order chi connectivity index (χ0) is 7.11. The van der Waals surface area contributed by atoms with Crippen molar-refractivity contribution in [3.05, 3.63) is 30.0 Å². The minimum atomic E-state index is 0.646. The van der Waals surface area contributed by atoms with Crippen molar-refractivity contribution < 1.29 is 4.79 Å². The fourth-order valence-corrected chi connectivity index (χ4v) is 0.495. The number of hydrogen-bond acceptors (Lipinski definition) is 1. The van der Waals surface area contributed by atoms with Crippen molar-refractivity contribution in [2.75, 3.05) is 0 Å². The summed E-state index contributed by atoms with van der Waals surface area (Å²) in [4.78, 5) is 10.1. The highest BCUT2D eigenvalue weighted by atomic mass is 16.1. The van der Waals surface area contributed by atoms with Gasteiger partial charge < -0.3 is 0 Å². The van der Waals surface area contributed by atoms with Gasteiger partial charge in [-0.05, 0) is 12.5 Å². The molecule has 0 unspecified atom stereocenters. The molecule has 0 aliphatic rings. The lowest BCUT2D eigenvalue weighted by molar-refractivity contribution is -0.104. The average molecular weight is 122 g/mol. The van der Waals surface area contributed by atoms with Crippen molar-refractivity contribution >= 4 is 6.29 Å². The fraction of sp³-hybridized carbons (Fsp3) is 0.250. The van der Waals surface area contributed by atoms with Crippen molar-refractivity contribution in [2.45, 2.75) is 13.3 Å². The van der Waals surface area contributed by atoms with Gasteiger partial charge in [-0.2, -0.15) is 0 Å². The number of rotatable bonds is 3. The molecule has 0 fully saturated rings. The summed E-state index contributed by atoms with van der Waals surface area (Å²) in [7, 11) is 0. The summed E-state index contributed by atoms with van der Waals surface area (Å²) in [6.07, 6.45) is 5.05. The third-order valence-electron chi connectivity index (χ3n) is 0.845. The Morgan fingerprint density at radius 2 is 2.44 bits per heavy atom. The lowest BCUT2D eigenvalue weighted by atomic mass is 10.2. The zero-order valence-corrected chi connectivity index (χ0v) is 5.55. The second-order valence-corrected chi connectivity index (χ2v) is 1.58. The Morgan fingerprint density at radius 3 is 2.78 bits per heavy atom. The molecule has 0 aromatic heterocycles. The van der Waals surface area contributed by atoms with Crippen molar-refractivity contribution in [3.63, 3.8) is 0 Å². The maximum atomic E-state index is 10.1. The van der Waals surface area contributed by atoms with Gasteiger partial charge in [0.15, 0.2) is 0 Å². The van der Waals surface area contributed by atoms with Gasteiger partial charge in [0.05, 0.1) is 0 Å². The van der Waals surface area contributed by atoms with E-state index in [4.69, 9.17) is 0 Å². The predicted octanol–water partition coefficient (Wildman–Crippen LogP) is 1.86. The quantitative estimate of drug-likeness (QED) is 0.242. The lowest BCUT2D eigenvalue weighted by Crippen LogP contribution is -1.75. The number of allylic oxidation sites excluding steroid dienone is 3. The molecule has 0 aromatic rings. The molecular weight excluding hydrogens is 112 g/mol. The molecule has 0 saturated carbocycles. The topological polar surface area (TPSA) is 17.1 Å². The van der Waals surface area contributed by atoms with Gasteiger partial charge in [0.25, 0.3) is 0 Å². The van der Waals surface area contributed by atoms with Gasteiger partial charge >= 0.3 is 0 Å². The molecule has 48 valence electrons. The molecule has 0 radical (unpaired) electrons. The molecule has 0 N–H and O–H groups in total. The second-order valence-electron chi connectivity index (χ2n) is 1.58. The van der Waals surface area contributed by atoms with Crippen LogP contribution in [0.1, 0.15) is 13.3 Å². The molecule has 0 bridgehead atoms. The van der Waals surface area contributed by atoms with E-state index in [-0.39, 0.29) is 0 Å². The Kier molecular flexibility index (Phi) is 4.47. The summed E-state index contributed by atoms with van der Waals surface area (Å²) in [5.41, 5.74) is 3.17. The number of carbonyl (C=O) groups is 1.